The third-order valence-corrected chi connectivity index (χ3v) is 3.15. The van der Waals surface area contributed by atoms with Crippen LogP contribution in [0.2, 0.25) is 10.0 Å². The van der Waals surface area contributed by atoms with Gasteiger partial charge in [0.05, 0.1) is 0 Å². The maximum absolute atomic E-state index is 5.98. The maximum Gasteiger partial charge on any atom is 0.223 e. The number of hydrogen-bond donors (Lipinski definition) is 1. The van der Waals surface area contributed by atoms with Crippen LogP contribution in [0.3, 0.4) is 0 Å². The minimum Gasteiger partial charge on any atom is -0.439 e. The summed E-state index contributed by atoms with van der Waals surface area (Å²) >= 11 is 12.0. The molecular formula is C16H18Cl2N2O. The van der Waals surface area contributed by atoms with Gasteiger partial charge < -0.3 is 10.1 Å². The summed E-state index contributed by atoms with van der Waals surface area (Å²) in [6.45, 7) is 7.00. The van der Waals surface area contributed by atoms with Crippen LogP contribution >= 0.6 is 23.2 Å². The fourth-order valence-electron chi connectivity index (χ4n) is 1.71. The van der Waals surface area contributed by atoms with Gasteiger partial charge in [-0.2, -0.15) is 0 Å². The molecule has 0 aliphatic carbocycles. The van der Waals surface area contributed by atoms with E-state index in [0.717, 1.165) is 5.56 Å². The maximum atomic E-state index is 5.98. The lowest BCUT2D eigenvalue weighted by Gasteiger charge is -2.21. The van der Waals surface area contributed by atoms with E-state index in [1.165, 1.54) is 0 Å². The van der Waals surface area contributed by atoms with E-state index in [1.807, 2.05) is 12.1 Å². The summed E-state index contributed by atoms with van der Waals surface area (Å²) in [5.74, 6) is 1.12. The zero-order chi connectivity index (χ0) is 15.5. The van der Waals surface area contributed by atoms with E-state index in [2.05, 4.69) is 31.1 Å². The van der Waals surface area contributed by atoms with E-state index in [-0.39, 0.29) is 5.54 Å². The fraction of sp³-hybridized carbons (Fsp3) is 0.312. The molecule has 0 atom stereocenters. The highest BCUT2D eigenvalue weighted by Gasteiger charge is 2.12. The largest absolute Gasteiger partial charge is 0.439 e. The van der Waals surface area contributed by atoms with Gasteiger partial charge in [-0.05, 0) is 45.0 Å². The molecule has 21 heavy (non-hydrogen) atoms. The van der Waals surface area contributed by atoms with Crippen molar-refractivity contribution in [2.75, 3.05) is 0 Å². The van der Waals surface area contributed by atoms with Crippen LogP contribution in [0, 0.1) is 0 Å². The number of pyridine rings is 1. The van der Waals surface area contributed by atoms with Crippen LogP contribution in [-0.4, -0.2) is 10.5 Å². The molecule has 1 heterocycles. The fourth-order valence-corrected chi connectivity index (χ4v) is 2.22. The van der Waals surface area contributed by atoms with Gasteiger partial charge in [-0.1, -0.05) is 29.3 Å². The Kier molecular flexibility index (Phi) is 5.09. The van der Waals surface area contributed by atoms with Crippen molar-refractivity contribution in [3.63, 3.8) is 0 Å². The molecule has 0 aliphatic rings. The van der Waals surface area contributed by atoms with Crippen LogP contribution < -0.4 is 10.1 Å². The van der Waals surface area contributed by atoms with Crippen LogP contribution in [0.25, 0.3) is 0 Å². The molecule has 5 heteroatoms. The molecule has 2 aromatic rings. The van der Waals surface area contributed by atoms with Gasteiger partial charge in [0.1, 0.15) is 5.75 Å². The number of nitrogens with zero attached hydrogens (tertiary/aromatic N) is 1. The van der Waals surface area contributed by atoms with E-state index < -0.39 is 0 Å². The van der Waals surface area contributed by atoms with Crippen molar-refractivity contribution < 1.29 is 4.74 Å². The Morgan fingerprint density at radius 2 is 1.81 bits per heavy atom. The second kappa shape index (κ2) is 6.65. The molecule has 0 radical (unpaired) electrons. The minimum absolute atomic E-state index is 0.0203. The van der Waals surface area contributed by atoms with Crippen LogP contribution in [-0.2, 0) is 6.54 Å². The molecule has 2 rings (SSSR count). The predicted octanol–water partition coefficient (Wildman–Crippen LogP) is 5.07. The van der Waals surface area contributed by atoms with E-state index in [9.17, 15) is 0 Å². The van der Waals surface area contributed by atoms with E-state index in [4.69, 9.17) is 27.9 Å². The van der Waals surface area contributed by atoms with Crippen molar-refractivity contribution in [2.45, 2.75) is 32.9 Å². The summed E-state index contributed by atoms with van der Waals surface area (Å²) in [4.78, 5) is 4.29. The molecule has 112 valence electrons. The molecular weight excluding hydrogens is 307 g/mol. The van der Waals surface area contributed by atoms with Gasteiger partial charge in [-0.25, -0.2) is 4.98 Å². The zero-order valence-electron chi connectivity index (χ0n) is 12.3. The Bertz CT molecular complexity index is 604. The van der Waals surface area contributed by atoms with E-state index in [1.54, 1.807) is 24.4 Å². The highest BCUT2D eigenvalue weighted by atomic mass is 35.5. The van der Waals surface area contributed by atoms with Crippen LogP contribution in [0.15, 0.2) is 36.5 Å². The quantitative estimate of drug-likeness (QED) is 0.852. The Labute approximate surface area is 135 Å². The standard InChI is InChI=1S/C16H18Cl2N2O/c1-16(2,3)20-10-11-5-4-6-19-15(11)21-14-8-12(17)7-13(18)9-14/h4-9,20H,10H2,1-3H3. The highest BCUT2D eigenvalue weighted by molar-refractivity contribution is 6.34. The SMILES string of the molecule is CC(C)(C)NCc1cccnc1Oc1cc(Cl)cc(Cl)c1. The normalized spacial score (nSPS) is 11.5. The van der Waals surface area contributed by atoms with E-state index in [0.29, 0.717) is 28.2 Å². The lowest BCUT2D eigenvalue weighted by molar-refractivity contribution is 0.409. The summed E-state index contributed by atoms with van der Waals surface area (Å²) in [6.07, 6.45) is 1.70. The lowest BCUT2D eigenvalue weighted by Crippen LogP contribution is -2.35. The topological polar surface area (TPSA) is 34.2 Å². The molecule has 0 spiro atoms. The number of nitrogens with one attached hydrogen (secondary N) is 1. The summed E-state index contributed by atoms with van der Waals surface area (Å²) in [5.41, 5.74) is 0.996. The number of aromatic nitrogens is 1. The molecule has 0 saturated carbocycles. The average molecular weight is 325 g/mol. The minimum atomic E-state index is 0.0203. The summed E-state index contributed by atoms with van der Waals surface area (Å²) in [7, 11) is 0. The monoisotopic (exact) mass is 324 g/mol. The van der Waals surface area contributed by atoms with Crippen molar-refractivity contribution in [3.05, 3.63) is 52.1 Å². The molecule has 0 saturated heterocycles. The summed E-state index contributed by atoms with van der Waals surface area (Å²) in [6, 6.07) is 8.95. The Balaban J connectivity index is 2.20. The molecule has 3 nitrogen and oxygen atoms in total. The second-order valence-electron chi connectivity index (χ2n) is 5.78. The van der Waals surface area contributed by atoms with Crippen LogP contribution in [0.5, 0.6) is 11.6 Å². The lowest BCUT2D eigenvalue weighted by atomic mass is 10.1. The predicted molar refractivity (Wildman–Crippen MR) is 87.4 cm³/mol. The van der Waals surface area contributed by atoms with Crippen LogP contribution in [0.1, 0.15) is 26.3 Å². The third kappa shape index (κ3) is 5.20. The van der Waals surface area contributed by atoms with Gasteiger partial charge in [-0.3, -0.25) is 0 Å². The summed E-state index contributed by atoms with van der Waals surface area (Å²) < 4.78 is 5.82. The third-order valence-electron chi connectivity index (χ3n) is 2.71. The van der Waals surface area contributed by atoms with Crippen molar-refractivity contribution in [3.8, 4) is 11.6 Å². The first kappa shape index (κ1) is 16.1. The van der Waals surface area contributed by atoms with Gasteiger partial charge in [0.15, 0.2) is 0 Å². The molecule has 0 amide bonds. The molecule has 0 aliphatic heterocycles. The number of benzene rings is 1. The van der Waals surface area contributed by atoms with E-state index >= 15 is 0 Å². The number of hydrogen-bond acceptors (Lipinski definition) is 3. The van der Waals surface area contributed by atoms with Gasteiger partial charge in [0.25, 0.3) is 0 Å². The number of halogens is 2. The Morgan fingerprint density at radius 3 is 2.43 bits per heavy atom. The highest BCUT2D eigenvalue weighted by Crippen LogP contribution is 2.29. The van der Waals surface area contributed by atoms with Gasteiger partial charge in [-0.15, -0.1) is 0 Å². The van der Waals surface area contributed by atoms with Gasteiger partial charge >= 0.3 is 0 Å². The van der Waals surface area contributed by atoms with Crippen molar-refractivity contribution in [1.29, 1.82) is 0 Å². The molecule has 0 fully saturated rings. The number of ether oxygens (including phenoxy) is 1. The van der Waals surface area contributed by atoms with Crippen LogP contribution in [0.4, 0.5) is 0 Å². The molecule has 0 bridgehead atoms. The first-order valence-corrected chi connectivity index (χ1v) is 7.42. The Morgan fingerprint density at radius 1 is 1.14 bits per heavy atom. The van der Waals surface area contributed by atoms with Crippen molar-refractivity contribution in [1.82, 2.24) is 10.3 Å². The van der Waals surface area contributed by atoms with Crippen molar-refractivity contribution in [2.24, 2.45) is 0 Å². The van der Waals surface area contributed by atoms with Gasteiger partial charge in [0, 0.05) is 33.9 Å². The number of rotatable bonds is 4. The smallest absolute Gasteiger partial charge is 0.223 e. The average Bonchev–Trinajstić information content (AvgIpc) is 2.35. The molecule has 0 unspecified atom stereocenters. The first-order chi connectivity index (χ1) is 9.83. The second-order valence-corrected chi connectivity index (χ2v) is 6.65. The molecule has 1 aromatic heterocycles. The first-order valence-electron chi connectivity index (χ1n) is 6.66. The molecule has 1 N–H and O–H groups in total. The molecule has 1 aromatic carbocycles. The zero-order valence-corrected chi connectivity index (χ0v) is 13.8. The van der Waals surface area contributed by atoms with Crippen molar-refractivity contribution >= 4 is 23.2 Å². The summed E-state index contributed by atoms with van der Waals surface area (Å²) in [5, 5.41) is 4.48. The van der Waals surface area contributed by atoms with Gasteiger partial charge in [0.2, 0.25) is 5.88 Å². The Hall–Kier alpha value is -1.29.